The van der Waals surface area contributed by atoms with Crippen LogP contribution in [0, 0.1) is 0 Å². The van der Waals surface area contributed by atoms with Crippen molar-refractivity contribution in [2.75, 3.05) is 13.1 Å². The zero-order valence-corrected chi connectivity index (χ0v) is 10.4. The Hall–Kier alpha value is -2.45. The Morgan fingerprint density at radius 1 is 1.32 bits per heavy atom. The maximum absolute atomic E-state index is 11.5. The van der Waals surface area contributed by atoms with Gasteiger partial charge in [0.15, 0.2) is 0 Å². The number of amides is 2. The van der Waals surface area contributed by atoms with Crippen LogP contribution in [-0.4, -0.2) is 51.0 Å². The highest BCUT2D eigenvalue weighted by atomic mass is 16.4. The van der Waals surface area contributed by atoms with Crippen molar-refractivity contribution in [2.24, 2.45) is 0 Å². The van der Waals surface area contributed by atoms with Gasteiger partial charge < -0.3 is 15.7 Å². The van der Waals surface area contributed by atoms with E-state index in [2.05, 4.69) is 20.9 Å². The lowest BCUT2D eigenvalue weighted by Crippen LogP contribution is -2.35. The van der Waals surface area contributed by atoms with Crippen molar-refractivity contribution in [3.63, 3.8) is 0 Å². The second-order valence-electron chi connectivity index (χ2n) is 3.81. The molecule has 0 radical (unpaired) electrons. The number of rotatable bonds is 7. The fourth-order valence-electron chi connectivity index (χ4n) is 1.30. The predicted molar refractivity (Wildman–Crippen MR) is 63.1 cm³/mol. The fourth-order valence-corrected chi connectivity index (χ4v) is 1.30. The smallest absolute Gasteiger partial charge is 0.309 e. The molecule has 0 aliphatic carbocycles. The highest BCUT2D eigenvalue weighted by Crippen LogP contribution is 1.94. The van der Waals surface area contributed by atoms with Crippen molar-refractivity contribution in [3.8, 4) is 0 Å². The van der Waals surface area contributed by atoms with Gasteiger partial charge in [-0.1, -0.05) is 5.21 Å². The molecule has 0 bridgehead atoms. The van der Waals surface area contributed by atoms with Gasteiger partial charge in [0, 0.05) is 26.2 Å². The molecule has 0 saturated heterocycles. The van der Waals surface area contributed by atoms with Crippen molar-refractivity contribution in [3.05, 3.63) is 11.9 Å². The second-order valence-corrected chi connectivity index (χ2v) is 3.81. The fraction of sp³-hybridized carbons (Fsp3) is 0.500. The molecule has 0 atom stereocenters. The van der Waals surface area contributed by atoms with Gasteiger partial charge in [-0.15, -0.1) is 5.10 Å². The normalized spacial score (nSPS) is 9.95. The summed E-state index contributed by atoms with van der Waals surface area (Å²) in [7, 11) is 0. The highest BCUT2D eigenvalue weighted by Gasteiger charge is 2.08. The molecule has 0 aliphatic heterocycles. The molecule has 104 valence electrons. The van der Waals surface area contributed by atoms with E-state index in [1.807, 2.05) is 0 Å². The molecular weight excluding hydrogens is 254 g/mol. The van der Waals surface area contributed by atoms with Crippen LogP contribution in [0.25, 0.3) is 0 Å². The molecule has 1 aromatic heterocycles. The zero-order valence-electron chi connectivity index (χ0n) is 10.4. The first-order chi connectivity index (χ1) is 8.97. The molecule has 1 aromatic rings. The van der Waals surface area contributed by atoms with Crippen LogP contribution >= 0.6 is 0 Å². The van der Waals surface area contributed by atoms with Crippen LogP contribution in [0.1, 0.15) is 12.6 Å². The number of hydrogen-bond acceptors (Lipinski definition) is 5. The molecule has 0 fully saturated rings. The first-order valence-corrected chi connectivity index (χ1v) is 5.59. The number of hydrogen-bond donors (Lipinski definition) is 3. The standard InChI is InChI=1S/C10H15N5O4/c1-7(16)11-2-3-12-9(17)6-15-5-8(13-14-15)4-10(18)19/h5H,2-4,6H2,1H3,(H,11,16)(H,12,17)(H,18,19). The Kier molecular flexibility index (Phi) is 5.45. The Labute approximate surface area is 109 Å². The summed E-state index contributed by atoms with van der Waals surface area (Å²) in [4.78, 5) is 32.5. The van der Waals surface area contributed by atoms with Crippen LogP contribution in [0.3, 0.4) is 0 Å². The van der Waals surface area contributed by atoms with E-state index in [9.17, 15) is 14.4 Å². The zero-order chi connectivity index (χ0) is 14.3. The number of aromatic nitrogens is 3. The van der Waals surface area contributed by atoms with Gasteiger partial charge in [-0.25, -0.2) is 4.68 Å². The Morgan fingerprint density at radius 2 is 2.00 bits per heavy atom. The van der Waals surface area contributed by atoms with E-state index in [-0.39, 0.29) is 24.8 Å². The summed E-state index contributed by atoms with van der Waals surface area (Å²) in [6.45, 7) is 2.01. The highest BCUT2D eigenvalue weighted by molar-refractivity contribution is 5.76. The van der Waals surface area contributed by atoms with Gasteiger partial charge in [0.1, 0.15) is 6.54 Å². The third-order valence-corrected chi connectivity index (χ3v) is 2.05. The number of carbonyl (C=O) groups excluding carboxylic acids is 2. The van der Waals surface area contributed by atoms with Crippen LogP contribution < -0.4 is 10.6 Å². The minimum atomic E-state index is -1.01. The minimum Gasteiger partial charge on any atom is -0.481 e. The number of carboxylic acids is 1. The first kappa shape index (κ1) is 14.6. The SMILES string of the molecule is CC(=O)NCCNC(=O)Cn1cc(CC(=O)O)nn1. The van der Waals surface area contributed by atoms with E-state index in [1.165, 1.54) is 17.8 Å². The van der Waals surface area contributed by atoms with Gasteiger partial charge in [0.25, 0.3) is 0 Å². The molecule has 0 aromatic carbocycles. The van der Waals surface area contributed by atoms with Gasteiger partial charge in [-0.05, 0) is 0 Å². The molecular formula is C10H15N5O4. The largest absolute Gasteiger partial charge is 0.481 e. The van der Waals surface area contributed by atoms with E-state index in [1.54, 1.807) is 0 Å². The maximum atomic E-state index is 11.5. The summed E-state index contributed by atoms with van der Waals surface area (Å²) in [5.74, 6) is -1.47. The van der Waals surface area contributed by atoms with Crippen LogP contribution in [-0.2, 0) is 27.3 Å². The van der Waals surface area contributed by atoms with Crippen molar-refractivity contribution in [2.45, 2.75) is 19.9 Å². The Bertz CT molecular complexity index is 470. The van der Waals surface area contributed by atoms with Crippen LogP contribution in [0.5, 0.6) is 0 Å². The molecule has 9 heteroatoms. The molecule has 0 unspecified atom stereocenters. The van der Waals surface area contributed by atoms with E-state index >= 15 is 0 Å². The van der Waals surface area contributed by atoms with Gasteiger partial charge in [-0.3, -0.25) is 14.4 Å². The first-order valence-electron chi connectivity index (χ1n) is 5.59. The third kappa shape index (κ3) is 6.15. The minimum absolute atomic E-state index is 0.0489. The number of carboxylic acid groups (broad SMARTS) is 1. The summed E-state index contributed by atoms with van der Waals surface area (Å²) in [6.07, 6.45) is 1.17. The summed E-state index contributed by atoms with van der Waals surface area (Å²) in [5, 5.41) is 20.9. The van der Waals surface area contributed by atoms with Crippen molar-refractivity contribution < 1.29 is 19.5 Å². The predicted octanol–water partition coefficient (Wildman–Crippen LogP) is -1.84. The topological polar surface area (TPSA) is 126 Å². The van der Waals surface area contributed by atoms with Crippen molar-refractivity contribution in [1.29, 1.82) is 0 Å². The molecule has 0 saturated carbocycles. The van der Waals surface area contributed by atoms with E-state index in [0.717, 1.165) is 0 Å². The molecule has 2 amide bonds. The van der Waals surface area contributed by atoms with Gasteiger partial charge in [0.05, 0.1) is 12.1 Å². The monoisotopic (exact) mass is 269 g/mol. The number of carbonyl (C=O) groups is 3. The summed E-state index contributed by atoms with van der Waals surface area (Å²) in [6, 6.07) is 0. The van der Waals surface area contributed by atoms with Crippen molar-refractivity contribution >= 4 is 17.8 Å². The van der Waals surface area contributed by atoms with E-state index in [4.69, 9.17) is 5.11 Å². The number of nitrogens with one attached hydrogen (secondary N) is 2. The number of aliphatic carboxylic acids is 1. The molecule has 9 nitrogen and oxygen atoms in total. The van der Waals surface area contributed by atoms with Gasteiger partial charge in [0.2, 0.25) is 11.8 Å². The van der Waals surface area contributed by atoms with Crippen LogP contribution in [0.4, 0.5) is 0 Å². The maximum Gasteiger partial charge on any atom is 0.309 e. The summed E-state index contributed by atoms with van der Waals surface area (Å²) >= 11 is 0. The van der Waals surface area contributed by atoms with Crippen molar-refractivity contribution in [1.82, 2.24) is 25.6 Å². The molecule has 1 heterocycles. The Morgan fingerprint density at radius 3 is 2.63 bits per heavy atom. The molecule has 19 heavy (non-hydrogen) atoms. The average Bonchev–Trinajstić information content (AvgIpc) is 2.70. The lowest BCUT2D eigenvalue weighted by molar-refractivity contribution is -0.136. The number of nitrogens with zero attached hydrogens (tertiary/aromatic N) is 3. The average molecular weight is 269 g/mol. The van der Waals surface area contributed by atoms with E-state index < -0.39 is 5.97 Å². The summed E-state index contributed by atoms with van der Waals surface area (Å²) in [5.41, 5.74) is 0.290. The summed E-state index contributed by atoms with van der Waals surface area (Å²) < 4.78 is 1.26. The third-order valence-electron chi connectivity index (χ3n) is 2.05. The van der Waals surface area contributed by atoms with Gasteiger partial charge >= 0.3 is 5.97 Å². The quantitative estimate of drug-likeness (QED) is 0.499. The molecule has 0 spiro atoms. The van der Waals surface area contributed by atoms with Crippen LogP contribution in [0.2, 0.25) is 0 Å². The lowest BCUT2D eigenvalue weighted by atomic mass is 10.3. The van der Waals surface area contributed by atoms with E-state index in [0.29, 0.717) is 18.8 Å². The molecule has 3 N–H and O–H groups in total. The molecule has 1 rings (SSSR count). The lowest BCUT2D eigenvalue weighted by Gasteiger charge is -2.05. The second kappa shape index (κ2) is 7.09. The van der Waals surface area contributed by atoms with Crippen LogP contribution in [0.15, 0.2) is 6.20 Å². The Balaban J connectivity index is 2.30. The van der Waals surface area contributed by atoms with Gasteiger partial charge in [-0.2, -0.15) is 0 Å². The molecule has 0 aliphatic rings.